The Morgan fingerprint density at radius 3 is 2.86 bits per heavy atom. The van der Waals surface area contributed by atoms with Gasteiger partial charge in [0.1, 0.15) is 0 Å². The largest absolute Gasteiger partial charge is 0.469 e. The summed E-state index contributed by atoms with van der Waals surface area (Å²) in [5, 5.41) is 5.32. The van der Waals surface area contributed by atoms with Gasteiger partial charge in [0.2, 0.25) is 0 Å². The Kier molecular flexibility index (Phi) is 4.49. The molecule has 2 rings (SSSR count). The van der Waals surface area contributed by atoms with E-state index < -0.39 is 16.0 Å². The van der Waals surface area contributed by atoms with Crippen molar-refractivity contribution in [3.63, 3.8) is 0 Å². The fourth-order valence-corrected chi connectivity index (χ4v) is 4.14. The van der Waals surface area contributed by atoms with Crippen LogP contribution in [0.2, 0.25) is 5.02 Å². The molecule has 0 bridgehead atoms. The van der Waals surface area contributed by atoms with Crippen molar-refractivity contribution in [2.24, 2.45) is 7.05 Å². The number of hydrogen-bond acceptors (Lipinski definition) is 7. The molecule has 2 aromatic heterocycles. The van der Waals surface area contributed by atoms with Gasteiger partial charge in [0, 0.05) is 12.4 Å². The van der Waals surface area contributed by atoms with Gasteiger partial charge >= 0.3 is 5.97 Å². The highest BCUT2D eigenvalue weighted by Crippen LogP contribution is 2.24. The maximum Gasteiger partial charge on any atom is 0.311 e. The summed E-state index contributed by atoms with van der Waals surface area (Å²) < 4.78 is 32.4. The third-order valence-electron chi connectivity index (χ3n) is 2.42. The van der Waals surface area contributed by atoms with E-state index in [0.717, 1.165) is 16.0 Å². The number of rotatable bonds is 5. The molecule has 0 aliphatic carbocycles. The highest BCUT2D eigenvalue weighted by molar-refractivity contribution is 7.93. The molecule has 0 aliphatic heterocycles. The second-order valence-corrected chi connectivity index (χ2v) is 6.79. The first-order valence-electron chi connectivity index (χ1n) is 5.55. The Morgan fingerprint density at radius 2 is 2.29 bits per heavy atom. The number of ether oxygens (including phenoxy) is 1. The average Bonchev–Trinajstić information content (AvgIpc) is 2.96. The van der Waals surface area contributed by atoms with E-state index in [4.69, 9.17) is 11.6 Å². The summed E-state index contributed by atoms with van der Waals surface area (Å²) in [6, 6.07) is 0. The highest BCUT2D eigenvalue weighted by atomic mass is 35.5. The minimum atomic E-state index is -3.90. The molecule has 0 aliphatic rings. The summed E-state index contributed by atoms with van der Waals surface area (Å²) in [5.74, 6) is -0.454. The maximum atomic E-state index is 12.2. The molecule has 0 atom stereocenters. The van der Waals surface area contributed by atoms with Crippen LogP contribution in [0.1, 0.15) is 5.69 Å². The molecule has 0 fully saturated rings. The molecule has 8 nitrogen and oxygen atoms in total. The van der Waals surface area contributed by atoms with Crippen LogP contribution < -0.4 is 4.72 Å². The molecule has 0 saturated heterocycles. The molecule has 21 heavy (non-hydrogen) atoms. The monoisotopic (exact) mass is 350 g/mol. The molecule has 2 aromatic rings. The Labute approximate surface area is 129 Å². The number of esters is 1. The minimum Gasteiger partial charge on any atom is -0.469 e. The summed E-state index contributed by atoms with van der Waals surface area (Å²) in [6.07, 6.45) is 1.21. The average molecular weight is 351 g/mol. The fraction of sp³-hybridized carbons (Fsp3) is 0.300. The zero-order chi connectivity index (χ0) is 15.6. The number of aromatic nitrogens is 3. The SMILES string of the molecule is COC(=O)Cc1csc(NS(=O)(=O)c2c(Cl)cnn2C)n1. The summed E-state index contributed by atoms with van der Waals surface area (Å²) in [4.78, 5) is 15.1. The van der Waals surface area contributed by atoms with Crippen molar-refractivity contribution in [1.82, 2.24) is 14.8 Å². The van der Waals surface area contributed by atoms with Crippen LogP contribution in [0.25, 0.3) is 0 Å². The quantitative estimate of drug-likeness (QED) is 0.808. The number of hydrogen-bond donors (Lipinski definition) is 1. The lowest BCUT2D eigenvalue weighted by Gasteiger charge is -2.05. The standard InChI is InChI=1S/C10H11ClN4O4S2/c1-15-9(7(11)4-12-15)21(17,18)14-10-13-6(5-20-10)3-8(16)19-2/h4-5H,3H2,1-2H3,(H,13,14). The predicted molar refractivity (Wildman–Crippen MR) is 76.9 cm³/mol. The van der Waals surface area contributed by atoms with Crippen LogP contribution in [0.5, 0.6) is 0 Å². The normalized spacial score (nSPS) is 11.4. The van der Waals surface area contributed by atoms with Crippen molar-refractivity contribution < 1.29 is 17.9 Å². The van der Waals surface area contributed by atoms with Crippen LogP contribution >= 0.6 is 22.9 Å². The van der Waals surface area contributed by atoms with E-state index >= 15 is 0 Å². The van der Waals surface area contributed by atoms with Crippen LogP contribution in [-0.4, -0.2) is 36.3 Å². The van der Waals surface area contributed by atoms with Gasteiger partial charge in [0.25, 0.3) is 10.0 Å². The van der Waals surface area contributed by atoms with E-state index in [1.165, 1.54) is 20.4 Å². The Morgan fingerprint density at radius 1 is 1.57 bits per heavy atom. The number of carbonyl (C=O) groups is 1. The maximum absolute atomic E-state index is 12.2. The van der Waals surface area contributed by atoms with Gasteiger partial charge in [0.15, 0.2) is 10.2 Å². The van der Waals surface area contributed by atoms with Crippen LogP contribution in [0.4, 0.5) is 5.13 Å². The number of halogens is 1. The zero-order valence-electron chi connectivity index (χ0n) is 11.0. The van der Waals surface area contributed by atoms with Crippen molar-refractivity contribution in [3.8, 4) is 0 Å². The summed E-state index contributed by atoms with van der Waals surface area (Å²) in [7, 11) is -1.17. The lowest BCUT2D eigenvalue weighted by Crippen LogP contribution is -2.17. The van der Waals surface area contributed by atoms with Crippen molar-refractivity contribution in [1.29, 1.82) is 0 Å². The Bertz CT molecular complexity index is 748. The van der Waals surface area contributed by atoms with E-state index in [1.807, 2.05) is 0 Å². The molecule has 1 N–H and O–H groups in total. The predicted octanol–water partition coefficient (Wildman–Crippen LogP) is 1.05. The number of nitrogens with one attached hydrogen (secondary N) is 1. The number of nitrogens with zero attached hydrogens (tertiary/aromatic N) is 3. The molecule has 0 aromatic carbocycles. The molecule has 0 radical (unpaired) electrons. The summed E-state index contributed by atoms with van der Waals surface area (Å²) in [5.41, 5.74) is 0.417. The Hall–Kier alpha value is -1.65. The summed E-state index contributed by atoms with van der Waals surface area (Å²) >= 11 is 6.86. The van der Waals surface area contributed by atoms with Crippen molar-refractivity contribution in [2.75, 3.05) is 11.8 Å². The molecule has 0 amide bonds. The smallest absolute Gasteiger partial charge is 0.311 e. The van der Waals surface area contributed by atoms with Crippen molar-refractivity contribution >= 4 is 44.1 Å². The van der Waals surface area contributed by atoms with Gasteiger partial charge in [-0.05, 0) is 0 Å². The van der Waals surface area contributed by atoms with Crippen molar-refractivity contribution in [3.05, 3.63) is 22.3 Å². The molecule has 11 heteroatoms. The number of aryl methyl sites for hydroxylation is 1. The number of methoxy groups -OCH3 is 1. The molecule has 114 valence electrons. The molecular weight excluding hydrogens is 340 g/mol. The fourth-order valence-electron chi connectivity index (χ4n) is 1.52. The van der Waals surface area contributed by atoms with Gasteiger partial charge in [-0.2, -0.15) is 13.5 Å². The van der Waals surface area contributed by atoms with Gasteiger partial charge in [-0.25, -0.2) is 4.98 Å². The lowest BCUT2D eigenvalue weighted by atomic mass is 10.3. The number of thiazole rings is 1. The first kappa shape index (κ1) is 15.7. The number of anilines is 1. The van der Waals surface area contributed by atoms with E-state index in [-0.39, 0.29) is 21.6 Å². The third kappa shape index (κ3) is 3.52. The van der Waals surface area contributed by atoms with E-state index in [9.17, 15) is 13.2 Å². The molecule has 2 heterocycles. The second kappa shape index (κ2) is 6.00. The minimum absolute atomic E-state index is 0.0105. The number of sulfonamides is 1. The van der Waals surface area contributed by atoms with E-state index in [0.29, 0.717) is 5.69 Å². The molecular formula is C10H11ClN4O4S2. The second-order valence-electron chi connectivity index (χ2n) is 3.92. The zero-order valence-corrected chi connectivity index (χ0v) is 13.4. The molecule has 0 unspecified atom stereocenters. The third-order valence-corrected chi connectivity index (χ3v) is 5.20. The van der Waals surface area contributed by atoms with Crippen LogP contribution in [-0.2, 0) is 33.0 Å². The van der Waals surface area contributed by atoms with Crippen LogP contribution in [0, 0.1) is 0 Å². The van der Waals surface area contributed by atoms with E-state index in [1.54, 1.807) is 5.38 Å². The summed E-state index contributed by atoms with van der Waals surface area (Å²) in [6.45, 7) is 0. The van der Waals surface area contributed by atoms with Gasteiger partial charge in [-0.1, -0.05) is 11.6 Å². The highest BCUT2D eigenvalue weighted by Gasteiger charge is 2.24. The van der Waals surface area contributed by atoms with E-state index in [2.05, 4.69) is 19.5 Å². The van der Waals surface area contributed by atoms with Gasteiger partial charge in [-0.3, -0.25) is 14.2 Å². The first-order valence-corrected chi connectivity index (χ1v) is 8.29. The van der Waals surface area contributed by atoms with Gasteiger partial charge < -0.3 is 4.74 Å². The number of carbonyl (C=O) groups excluding carboxylic acids is 1. The first-order chi connectivity index (χ1) is 9.83. The van der Waals surface area contributed by atoms with Gasteiger partial charge in [-0.15, -0.1) is 11.3 Å². The van der Waals surface area contributed by atoms with Crippen molar-refractivity contribution in [2.45, 2.75) is 11.4 Å². The van der Waals surface area contributed by atoms with Gasteiger partial charge in [0.05, 0.1) is 30.4 Å². The topological polar surface area (TPSA) is 103 Å². The van der Waals surface area contributed by atoms with Crippen LogP contribution in [0.15, 0.2) is 16.6 Å². The molecule has 0 saturated carbocycles. The molecule has 0 spiro atoms. The Balaban J connectivity index is 2.20. The van der Waals surface area contributed by atoms with Crippen LogP contribution in [0.3, 0.4) is 0 Å². The lowest BCUT2D eigenvalue weighted by molar-refractivity contribution is -0.139.